The number of fused-ring (bicyclic) bond motifs is 1. The highest BCUT2D eigenvalue weighted by atomic mass is 32.2. The van der Waals surface area contributed by atoms with Crippen LogP contribution < -0.4 is 9.54 Å². The minimum absolute atomic E-state index is 0.182. The second-order valence-electron chi connectivity index (χ2n) is 9.06. The van der Waals surface area contributed by atoms with Crippen LogP contribution in [0.1, 0.15) is 45.0 Å². The molecular formula is C25H33N3O4S2. The van der Waals surface area contributed by atoms with E-state index in [9.17, 15) is 13.2 Å². The summed E-state index contributed by atoms with van der Waals surface area (Å²) in [6.45, 7) is 11.4. The molecule has 0 saturated heterocycles. The molecule has 7 nitrogen and oxygen atoms in total. The first-order chi connectivity index (χ1) is 16.0. The van der Waals surface area contributed by atoms with Gasteiger partial charge < -0.3 is 9.30 Å². The lowest BCUT2D eigenvalue weighted by molar-refractivity contribution is 0.0998. The third kappa shape index (κ3) is 5.95. The Labute approximate surface area is 205 Å². The summed E-state index contributed by atoms with van der Waals surface area (Å²) in [5, 5.41) is 0. The Morgan fingerprint density at radius 1 is 1.06 bits per heavy atom. The maximum Gasteiger partial charge on any atom is 0.279 e. The van der Waals surface area contributed by atoms with Crippen molar-refractivity contribution in [2.24, 2.45) is 23.9 Å². The van der Waals surface area contributed by atoms with Gasteiger partial charge >= 0.3 is 0 Å². The third-order valence-corrected chi connectivity index (χ3v) is 8.11. The van der Waals surface area contributed by atoms with Gasteiger partial charge in [-0.25, -0.2) is 8.42 Å². The molecular weight excluding hydrogens is 470 g/mol. The van der Waals surface area contributed by atoms with E-state index in [1.807, 2.05) is 64.4 Å². The number of carbonyl (C=O) groups excluding carboxylic acids is 1. The molecule has 1 amide bonds. The SMILES string of the molecule is CCOc1ccc2c(c1)sc(=NC(=O)c1ccc(S(=O)(=O)N(CC(C)C)CC(C)C)cc1)n2C. The molecule has 0 radical (unpaired) electrons. The largest absolute Gasteiger partial charge is 0.494 e. The van der Waals surface area contributed by atoms with Gasteiger partial charge in [-0.3, -0.25) is 4.79 Å². The zero-order chi connectivity index (χ0) is 25.0. The summed E-state index contributed by atoms with van der Waals surface area (Å²) in [6, 6.07) is 11.8. The summed E-state index contributed by atoms with van der Waals surface area (Å²) in [7, 11) is -1.79. The third-order valence-electron chi connectivity index (χ3n) is 5.17. The fraction of sp³-hybridized carbons (Fsp3) is 0.440. The molecule has 0 aliphatic heterocycles. The summed E-state index contributed by atoms with van der Waals surface area (Å²) in [5.41, 5.74) is 1.29. The van der Waals surface area contributed by atoms with Gasteiger partial charge in [-0.05, 0) is 61.2 Å². The van der Waals surface area contributed by atoms with E-state index in [0.717, 1.165) is 16.0 Å². The molecule has 1 heterocycles. The number of aryl methyl sites for hydroxylation is 1. The Morgan fingerprint density at radius 3 is 2.24 bits per heavy atom. The standard InChI is InChI=1S/C25H33N3O4S2/c1-7-32-20-10-13-22-23(14-20)33-25(27(22)6)26-24(29)19-8-11-21(12-9-19)34(30,31)28(15-17(2)3)16-18(4)5/h8-14,17-18H,7,15-16H2,1-6H3. The maximum absolute atomic E-state index is 13.2. The molecule has 0 bridgehead atoms. The lowest BCUT2D eigenvalue weighted by Gasteiger charge is -2.25. The van der Waals surface area contributed by atoms with Gasteiger partial charge in [0.05, 0.1) is 21.7 Å². The fourth-order valence-electron chi connectivity index (χ4n) is 3.63. The number of rotatable bonds is 9. The van der Waals surface area contributed by atoms with Crippen molar-refractivity contribution in [3.05, 3.63) is 52.8 Å². The van der Waals surface area contributed by atoms with Crippen LogP contribution >= 0.6 is 11.3 Å². The molecule has 2 aromatic carbocycles. The highest BCUT2D eigenvalue weighted by Gasteiger charge is 2.26. The van der Waals surface area contributed by atoms with Crippen molar-refractivity contribution in [3.63, 3.8) is 0 Å². The second kappa shape index (κ2) is 10.8. The Kier molecular flexibility index (Phi) is 8.33. The predicted octanol–water partition coefficient (Wildman–Crippen LogP) is 4.68. The van der Waals surface area contributed by atoms with Crippen molar-refractivity contribution in [2.75, 3.05) is 19.7 Å². The molecule has 34 heavy (non-hydrogen) atoms. The minimum Gasteiger partial charge on any atom is -0.494 e. The first-order valence-corrected chi connectivity index (χ1v) is 13.7. The second-order valence-corrected chi connectivity index (χ2v) is 12.0. The molecule has 9 heteroatoms. The molecule has 0 atom stereocenters. The average Bonchev–Trinajstić information content (AvgIpc) is 3.07. The Hall–Kier alpha value is -2.49. The van der Waals surface area contributed by atoms with Gasteiger partial charge in [0.15, 0.2) is 4.80 Å². The van der Waals surface area contributed by atoms with Crippen LogP contribution in [0.25, 0.3) is 10.2 Å². The number of amides is 1. The normalized spacial score (nSPS) is 12.9. The predicted molar refractivity (Wildman–Crippen MR) is 137 cm³/mol. The van der Waals surface area contributed by atoms with Crippen LogP contribution in [-0.4, -0.2) is 42.9 Å². The Bertz CT molecular complexity index is 1310. The summed E-state index contributed by atoms with van der Waals surface area (Å²) >= 11 is 1.40. The number of aromatic nitrogens is 1. The van der Waals surface area contributed by atoms with E-state index < -0.39 is 15.9 Å². The summed E-state index contributed by atoms with van der Waals surface area (Å²) < 4.78 is 36.3. The van der Waals surface area contributed by atoms with Crippen molar-refractivity contribution in [1.29, 1.82) is 0 Å². The van der Waals surface area contributed by atoms with Crippen LogP contribution in [0.5, 0.6) is 5.75 Å². The maximum atomic E-state index is 13.2. The number of hydrogen-bond donors (Lipinski definition) is 0. The van der Waals surface area contributed by atoms with Crippen LogP contribution in [0.15, 0.2) is 52.4 Å². The number of ether oxygens (including phenoxy) is 1. The lowest BCUT2D eigenvalue weighted by atomic mass is 10.2. The van der Waals surface area contributed by atoms with Crippen molar-refractivity contribution in [3.8, 4) is 5.75 Å². The number of nitrogens with zero attached hydrogens (tertiary/aromatic N) is 3. The van der Waals surface area contributed by atoms with Gasteiger partial charge in [0.2, 0.25) is 10.0 Å². The number of sulfonamides is 1. The Morgan fingerprint density at radius 2 is 1.68 bits per heavy atom. The van der Waals surface area contributed by atoms with Gasteiger partial charge in [0, 0.05) is 25.7 Å². The van der Waals surface area contributed by atoms with E-state index in [2.05, 4.69) is 4.99 Å². The Balaban J connectivity index is 1.89. The topological polar surface area (TPSA) is 81.0 Å². The van der Waals surface area contributed by atoms with Crippen LogP contribution in [-0.2, 0) is 17.1 Å². The quantitative estimate of drug-likeness (QED) is 0.425. The summed E-state index contributed by atoms with van der Waals surface area (Å²) in [5.74, 6) is 0.771. The van der Waals surface area contributed by atoms with Crippen molar-refractivity contribution >= 4 is 37.5 Å². The van der Waals surface area contributed by atoms with Crippen LogP contribution in [0, 0.1) is 11.8 Å². The zero-order valence-corrected chi connectivity index (χ0v) is 22.2. The molecule has 0 unspecified atom stereocenters. The molecule has 0 aliphatic rings. The molecule has 0 saturated carbocycles. The van der Waals surface area contributed by atoms with Crippen LogP contribution in [0.2, 0.25) is 0 Å². The van der Waals surface area contributed by atoms with E-state index >= 15 is 0 Å². The molecule has 1 aromatic heterocycles. The molecule has 0 aliphatic carbocycles. The number of hydrogen-bond acceptors (Lipinski definition) is 5. The highest BCUT2D eigenvalue weighted by molar-refractivity contribution is 7.89. The van der Waals surface area contributed by atoms with Crippen molar-refractivity contribution < 1.29 is 17.9 Å². The smallest absolute Gasteiger partial charge is 0.279 e. The van der Waals surface area contributed by atoms with Crippen LogP contribution in [0.3, 0.4) is 0 Å². The first kappa shape index (κ1) is 26.1. The molecule has 0 fully saturated rings. The molecule has 184 valence electrons. The van der Waals surface area contributed by atoms with E-state index in [-0.39, 0.29) is 16.7 Å². The summed E-state index contributed by atoms with van der Waals surface area (Å²) in [6.07, 6.45) is 0. The van der Waals surface area contributed by atoms with E-state index in [4.69, 9.17) is 4.74 Å². The van der Waals surface area contributed by atoms with E-state index in [1.165, 1.54) is 39.9 Å². The van der Waals surface area contributed by atoms with Crippen molar-refractivity contribution in [1.82, 2.24) is 8.87 Å². The van der Waals surface area contributed by atoms with Gasteiger partial charge in [-0.1, -0.05) is 39.0 Å². The van der Waals surface area contributed by atoms with E-state index in [0.29, 0.717) is 30.1 Å². The first-order valence-electron chi connectivity index (χ1n) is 11.4. The minimum atomic E-state index is -3.65. The molecule has 0 spiro atoms. The fourth-order valence-corrected chi connectivity index (χ4v) is 6.44. The number of benzene rings is 2. The molecule has 0 N–H and O–H groups in total. The van der Waals surface area contributed by atoms with Crippen LogP contribution in [0.4, 0.5) is 0 Å². The van der Waals surface area contributed by atoms with Gasteiger partial charge in [-0.15, -0.1) is 0 Å². The van der Waals surface area contributed by atoms with Gasteiger partial charge in [0.1, 0.15) is 5.75 Å². The average molecular weight is 504 g/mol. The number of carbonyl (C=O) groups is 1. The summed E-state index contributed by atoms with van der Waals surface area (Å²) in [4.78, 5) is 17.9. The highest BCUT2D eigenvalue weighted by Crippen LogP contribution is 2.23. The van der Waals surface area contributed by atoms with E-state index in [1.54, 1.807) is 0 Å². The number of thiazole rings is 1. The monoisotopic (exact) mass is 503 g/mol. The molecule has 3 aromatic rings. The zero-order valence-electron chi connectivity index (χ0n) is 20.6. The van der Waals surface area contributed by atoms with Gasteiger partial charge in [-0.2, -0.15) is 9.30 Å². The van der Waals surface area contributed by atoms with Crippen molar-refractivity contribution in [2.45, 2.75) is 39.5 Å². The van der Waals surface area contributed by atoms with Gasteiger partial charge in [0.25, 0.3) is 5.91 Å². The molecule has 3 rings (SSSR count). The lowest BCUT2D eigenvalue weighted by Crippen LogP contribution is -2.37.